The van der Waals surface area contributed by atoms with E-state index in [0.717, 1.165) is 57.8 Å². The number of carbonyl (C=O) groups excluding carboxylic acids is 1. The Morgan fingerprint density at radius 1 is 0.400 bits per heavy atom. The van der Waals surface area contributed by atoms with Crippen molar-refractivity contribution >= 4 is 5.91 Å². The molecule has 2 heterocycles. The maximum Gasteiger partial charge on any atom is 0.220 e. The van der Waals surface area contributed by atoms with Gasteiger partial charge in [-0.1, -0.05) is 292 Å². The van der Waals surface area contributed by atoms with Gasteiger partial charge in [0.2, 0.25) is 5.91 Å². The second kappa shape index (κ2) is 60.1. The molecule has 12 atom stereocenters. The normalized spacial score (nSPS) is 23.3. The van der Waals surface area contributed by atoms with Crippen LogP contribution in [0.5, 0.6) is 0 Å². The number of nitrogens with one attached hydrogen (secondary N) is 1. The van der Waals surface area contributed by atoms with Gasteiger partial charge < -0.3 is 65.1 Å². The third-order valence-corrected chi connectivity index (χ3v) is 17.8. The van der Waals surface area contributed by atoms with Crippen LogP contribution in [0.2, 0.25) is 0 Å². The number of ether oxygens (including phenoxy) is 4. The number of amides is 1. The number of aliphatic hydroxyl groups is 8. The number of allylic oxidation sites excluding steroid dienone is 11. The third-order valence-electron chi connectivity index (χ3n) is 17.8. The number of carbonyl (C=O) groups is 1. The van der Waals surface area contributed by atoms with E-state index in [1.165, 1.54) is 218 Å². The van der Waals surface area contributed by atoms with Crippen LogP contribution >= 0.6 is 0 Å². The Morgan fingerprint density at radius 2 is 0.744 bits per heavy atom. The van der Waals surface area contributed by atoms with Crippen LogP contribution in [0, 0.1) is 0 Å². The zero-order valence-electron chi connectivity index (χ0n) is 57.1. The molecule has 2 fully saturated rings. The first-order valence-electron chi connectivity index (χ1n) is 37.2. The number of rotatable bonds is 61. The van der Waals surface area contributed by atoms with Gasteiger partial charge in [-0.2, -0.15) is 0 Å². The summed E-state index contributed by atoms with van der Waals surface area (Å²) in [4.78, 5) is 13.3. The fourth-order valence-electron chi connectivity index (χ4n) is 11.9. The molecule has 0 aromatic rings. The average Bonchev–Trinajstić information content (AvgIpc) is 1.58. The van der Waals surface area contributed by atoms with Crippen molar-refractivity contribution in [1.29, 1.82) is 0 Å². The molecule has 14 heteroatoms. The molecule has 1 amide bonds. The average molecular weight is 1270 g/mol. The summed E-state index contributed by atoms with van der Waals surface area (Å²) in [5.41, 5.74) is 0. The van der Waals surface area contributed by atoms with E-state index in [2.05, 4.69) is 79.9 Å². The minimum Gasteiger partial charge on any atom is -0.394 e. The first kappa shape index (κ1) is 83.5. The summed E-state index contributed by atoms with van der Waals surface area (Å²) in [6, 6.07) is -0.940. The lowest BCUT2D eigenvalue weighted by Gasteiger charge is -2.46. The lowest BCUT2D eigenvalue weighted by atomic mass is 9.97. The van der Waals surface area contributed by atoms with Crippen LogP contribution in [0.25, 0.3) is 0 Å². The number of hydrogen-bond donors (Lipinski definition) is 9. The summed E-state index contributed by atoms with van der Waals surface area (Å²) in [6.45, 7) is 2.79. The van der Waals surface area contributed by atoms with E-state index >= 15 is 0 Å². The SMILES string of the molecule is CCCCCCC/C=C\C/C=C\C/C=C\CCCCCCCCCCCCCCCCCCCCCCCCC(=O)NC(COC1OC(CO)C(OC2OC(CO)C(O)C(O)C2O)C(O)C1O)C(O)/C=C/CC/C=C/CC/C=C/CCCCCCCCCCC. The van der Waals surface area contributed by atoms with Crippen molar-refractivity contribution in [3.05, 3.63) is 72.9 Å². The lowest BCUT2D eigenvalue weighted by Crippen LogP contribution is -2.65. The van der Waals surface area contributed by atoms with Crippen molar-refractivity contribution in [1.82, 2.24) is 5.32 Å². The molecule has 12 unspecified atom stereocenters. The smallest absolute Gasteiger partial charge is 0.220 e. The molecule has 524 valence electrons. The van der Waals surface area contributed by atoms with Gasteiger partial charge in [0.05, 0.1) is 32.0 Å². The van der Waals surface area contributed by atoms with Gasteiger partial charge in [0.15, 0.2) is 12.6 Å². The van der Waals surface area contributed by atoms with Crippen LogP contribution in [0.3, 0.4) is 0 Å². The van der Waals surface area contributed by atoms with E-state index in [1.54, 1.807) is 6.08 Å². The molecule has 2 saturated heterocycles. The van der Waals surface area contributed by atoms with Crippen LogP contribution in [0.1, 0.15) is 309 Å². The molecule has 0 bridgehead atoms. The van der Waals surface area contributed by atoms with Crippen LogP contribution in [-0.4, -0.2) is 140 Å². The Balaban J connectivity index is 1.61. The van der Waals surface area contributed by atoms with E-state index in [4.69, 9.17) is 18.9 Å². The summed E-state index contributed by atoms with van der Waals surface area (Å²) in [7, 11) is 0. The number of aliphatic hydroxyl groups excluding tert-OH is 8. The summed E-state index contributed by atoms with van der Waals surface area (Å²) in [6.07, 6.45) is 65.5. The van der Waals surface area contributed by atoms with Gasteiger partial charge in [0.25, 0.3) is 0 Å². The first-order valence-corrected chi connectivity index (χ1v) is 37.2. The molecule has 0 spiro atoms. The molecule has 2 aliphatic rings. The van der Waals surface area contributed by atoms with Gasteiger partial charge in [-0.3, -0.25) is 4.79 Å². The molecular weight excluding hydrogens is 1130 g/mol. The summed E-state index contributed by atoms with van der Waals surface area (Å²) < 4.78 is 22.8. The number of unbranched alkanes of at least 4 members (excludes halogenated alkanes) is 38. The topological polar surface area (TPSA) is 228 Å². The van der Waals surface area contributed by atoms with Gasteiger partial charge in [0, 0.05) is 6.42 Å². The monoisotopic (exact) mass is 1270 g/mol. The molecule has 0 aromatic carbocycles. The van der Waals surface area contributed by atoms with Crippen LogP contribution in [-0.2, 0) is 23.7 Å². The first-order chi connectivity index (χ1) is 44.1. The van der Waals surface area contributed by atoms with Crippen molar-refractivity contribution in [3.63, 3.8) is 0 Å². The van der Waals surface area contributed by atoms with E-state index in [9.17, 15) is 45.6 Å². The second-order valence-corrected chi connectivity index (χ2v) is 26.1. The Kier molecular flexibility index (Phi) is 55.8. The van der Waals surface area contributed by atoms with Crippen molar-refractivity contribution in [2.45, 2.75) is 383 Å². The van der Waals surface area contributed by atoms with Crippen molar-refractivity contribution < 1.29 is 64.6 Å². The molecule has 0 aliphatic carbocycles. The van der Waals surface area contributed by atoms with Gasteiger partial charge in [-0.15, -0.1) is 0 Å². The number of hydrogen-bond acceptors (Lipinski definition) is 13. The molecule has 0 radical (unpaired) electrons. The highest BCUT2D eigenvalue weighted by Crippen LogP contribution is 2.30. The van der Waals surface area contributed by atoms with E-state index in [1.807, 2.05) is 6.08 Å². The largest absolute Gasteiger partial charge is 0.394 e. The molecule has 90 heavy (non-hydrogen) atoms. The van der Waals surface area contributed by atoms with Crippen LogP contribution < -0.4 is 5.32 Å². The highest BCUT2D eigenvalue weighted by atomic mass is 16.7. The zero-order chi connectivity index (χ0) is 65.2. The summed E-state index contributed by atoms with van der Waals surface area (Å²) in [5.74, 6) is -0.250. The van der Waals surface area contributed by atoms with Crippen molar-refractivity contribution in [2.24, 2.45) is 0 Å². The molecule has 9 N–H and O–H groups in total. The molecule has 2 aliphatic heterocycles. The van der Waals surface area contributed by atoms with Gasteiger partial charge in [-0.25, -0.2) is 0 Å². The quantitative estimate of drug-likeness (QED) is 0.0204. The second-order valence-electron chi connectivity index (χ2n) is 26.1. The van der Waals surface area contributed by atoms with Crippen molar-refractivity contribution in [2.75, 3.05) is 19.8 Å². The standard InChI is InChI=1S/C76H137NO13/c1-3-5-7-9-11-13-15-17-19-21-23-24-25-26-27-28-29-30-31-32-33-34-35-36-37-38-39-40-42-44-46-48-50-52-54-56-58-60-68(81)77-64(65(80)59-57-55-53-51-49-47-45-43-41-22-20-18-16-14-12-10-8-6-4-2)63-87-75-73(86)71(84)74(67(62-79)89-75)90-76-72(85)70(83)69(82)66(61-78)88-76/h15,17,21,23,25-26,41,43,49,51,57,59,64-67,69-76,78-80,82-86H,3-14,16,18-20,22,24,27-40,42,44-48,50,52-56,58,60-63H2,1-2H3,(H,77,81)/b17-15-,23-21-,26-25-,43-41+,51-49+,59-57+. The van der Waals surface area contributed by atoms with E-state index in [-0.39, 0.29) is 18.9 Å². The van der Waals surface area contributed by atoms with Crippen LogP contribution in [0.15, 0.2) is 72.9 Å². The van der Waals surface area contributed by atoms with Gasteiger partial charge in [0.1, 0.15) is 48.8 Å². The molecule has 0 saturated carbocycles. The highest BCUT2D eigenvalue weighted by Gasteiger charge is 2.51. The van der Waals surface area contributed by atoms with Gasteiger partial charge >= 0.3 is 0 Å². The minimum atomic E-state index is -1.79. The highest BCUT2D eigenvalue weighted by molar-refractivity contribution is 5.76. The maximum absolute atomic E-state index is 13.3. The Morgan fingerprint density at radius 3 is 1.17 bits per heavy atom. The molecule has 0 aromatic heterocycles. The predicted molar refractivity (Wildman–Crippen MR) is 369 cm³/mol. The Bertz CT molecular complexity index is 1790. The molecule has 2 rings (SSSR count). The zero-order valence-corrected chi connectivity index (χ0v) is 57.1. The molecule has 14 nitrogen and oxygen atoms in total. The fraction of sp³-hybridized carbons (Fsp3) is 0.829. The minimum absolute atomic E-state index is 0.250. The summed E-state index contributed by atoms with van der Waals surface area (Å²) >= 11 is 0. The Hall–Kier alpha value is -2.57. The van der Waals surface area contributed by atoms with Crippen LogP contribution in [0.4, 0.5) is 0 Å². The third kappa shape index (κ3) is 43.4. The fourth-order valence-corrected chi connectivity index (χ4v) is 11.9. The van der Waals surface area contributed by atoms with Crippen molar-refractivity contribution in [3.8, 4) is 0 Å². The molecular formula is C76H137NO13. The Labute approximate surface area is 548 Å². The lowest BCUT2D eigenvalue weighted by molar-refractivity contribution is -0.359. The van der Waals surface area contributed by atoms with E-state index < -0.39 is 86.8 Å². The summed E-state index contributed by atoms with van der Waals surface area (Å²) in [5, 5.41) is 87.4. The predicted octanol–water partition coefficient (Wildman–Crippen LogP) is 15.8. The van der Waals surface area contributed by atoms with Gasteiger partial charge in [-0.05, 0) is 83.5 Å². The van der Waals surface area contributed by atoms with E-state index in [0.29, 0.717) is 12.8 Å². The maximum atomic E-state index is 13.3.